The summed E-state index contributed by atoms with van der Waals surface area (Å²) < 4.78 is 29.0. The Kier molecular flexibility index (Phi) is 7.39. The minimum Gasteiger partial charge on any atom is -0.434 e. The zero-order valence-electron chi connectivity index (χ0n) is 11.5. The van der Waals surface area contributed by atoms with Crippen LogP contribution in [0.25, 0.3) is 0 Å². The maximum Gasteiger partial charge on any atom is 0.387 e. The van der Waals surface area contributed by atoms with E-state index in [1.165, 1.54) is 6.07 Å². The lowest BCUT2D eigenvalue weighted by Crippen LogP contribution is -2.46. The molecule has 1 aliphatic heterocycles. The third kappa shape index (κ3) is 5.47. The van der Waals surface area contributed by atoms with Gasteiger partial charge in [0.2, 0.25) is 5.91 Å². The highest BCUT2D eigenvalue weighted by Crippen LogP contribution is 2.20. The maximum absolute atomic E-state index is 12.3. The fourth-order valence-electron chi connectivity index (χ4n) is 2.24. The summed E-state index contributed by atoms with van der Waals surface area (Å²) in [6.45, 7) is -1.85. The number of carbonyl (C=O) groups excluding carboxylic acids is 1. The van der Waals surface area contributed by atoms with Crippen molar-refractivity contribution in [2.24, 2.45) is 0 Å². The highest BCUT2D eigenvalue weighted by molar-refractivity contribution is 5.85. The van der Waals surface area contributed by atoms with E-state index in [4.69, 9.17) is 0 Å². The van der Waals surface area contributed by atoms with E-state index in [1.807, 2.05) is 0 Å². The van der Waals surface area contributed by atoms with Gasteiger partial charge in [0.15, 0.2) is 0 Å². The number of para-hydroxylation sites is 1. The first-order valence-electron chi connectivity index (χ1n) is 6.70. The highest BCUT2D eigenvalue weighted by Gasteiger charge is 2.20. The van der Waals surface area contributed by atoms with Gasteiger partial charge in [-0.1, -0.05) is 24.6 Å². The van der Waals surface area contributed by atoms with Crippen molar-refractivity contribution in [1.82, 2.24) is 10.6 Å². The minimum absolute atomic E-state index is 0. The van der Waals surface area contributed by atoms with Crippen molar-refractivity contribution < 1.29 is 18.3 Å². The third-order valence-corrected chi connectivity index (χ3v) is 3.27. The summed E-state index contributed by atoms with van der Waals surface area (Å²) in [5.41, 5.74) is 0.539. The average Bonchev–Trinajstić information content (AvgIpc) is 2.46. The van der Waals surface area contributed by atoms with Gasteiger partial charge in [-0.15, -0.1) is 12.4 Å². The van der Waals surface area contributed by atoms with Crippen LogP contribution in [0.4, 0.5) is 8.78 Å². The number of hydrogen-bond donors (Lipinski definition) is 2. The molecule has 0 radical (unpaired) electrons. The molecule has 21 heavy (non-hydrogen) atoms. The molecule has 7 heteroatoms. The molecule has 0 aliphatic carbocycles. The Morgan fingerprint density at radius 1 is 1.38 bits per heavy atom. The number of carbonyl (C=O) groups is 1. The Morgan fingerprint density at radius 2 is 2.14 bits per heavy atom. The summed E-state index contributed by atoms with van der Waals surface area (Å²) in [7, 11) is 0. The molecule has 1 aliphatic rings. The van der Waals surface area contributed by atoms with Gasteiger partial charge in [-0.05, 0) is 25.5 Å². The van der Waals surface area contributed by atoms with Gasteiger partial charge < -0.3 is 15.4 Å². The molecule has 4 nitrogen and oxygen atoms in total. The first kappa shape index (κ1) is 17.7. The van der Waals surface area contributed by atoms with E-state index in [1.54, 1.807) is 18.2 Å². The molecule has 1 heterocycles. The summed E-state index contributed by atoms with van der Waals surface area (Å²) in [5.74, 6) is -0.00375. The molecular formula is C14H19ClF2N2O2. The first-order chi connectivity index (χ1) is 9.66. The summed E-state index contributed by atoms with van der Waals surface area (Å²) in [5, 5.41) is 5.89. The minimum atomic E-state index is -2.87. The van der Waals surface area contributed by atoms with Crippen molar-refractivity contribution in [1.29, 1.82) is 0 Å². The lowest BCUT2D eigenvalue weighted by Gasteiger charge is -2.22. The molecule has 0 saturated carbocycles. The number of nitrogens with one attached hydrogen (secondary N) is 2. The Labute approximate surface area is 128 Å². The lowest BCUT2D eigenvalue weighted by atomic mass is 10.0. The summed E-state index contributed by atoms with van der Waals surface area (Å²) >= 11 is 0. The van der Waals surface area contributed by atoms with Crippen LogP contribution in [0.1, 0.15) is 24.8 Å². The Balaban J connectivity index is 0.00000220. The SMILES string of the molecule is Cl.O=C(NCc1ccccc1OC(F)F)[C@H]1CCCCN1. The summed E-state index contributed by atoms with van der Waals surface area (Å²) in [4.78, 5) is 11.9. The predicted molar refractivity (Wildman–Crippen MR) is 77.8 cm³/mol. The topological polar surface area (TPSA) is 50.4 Å². The van der Waals surface area contributed by atoms with Crippen LogP contribution >= 0.6 is 12.4 Å². The molecule has 1 fully saturated rings. The largest absolute Gasteiger partial charge is 0.434 e. The number of hydrogen-bond acceptors (Lipinski definition) is 3. The van der Waals surface area contributed by atoms with Gasteiger partial charge in [0, 0.05) is 12.1 Å². The van der Waals surface area contributed by atoms with Gasteiger partial charge >= 0.3 is 6.61 Å². The van der Waals surface area contributed by atoms with Crippen LogP contribution in [0.5, 0.6) is 5.75 Å². The zero-order chi connectivity index (χ0) is 14.4. The van der Waals surface area contributed by atoms with Crippen LogP contribution in [0.15, 0.2) is 24.3 Å². The second kappa shape index (κ2) is 8.79. The average molecular weight is 321 g/mol. The maximum atomic E-state index is 12.3. The Morgan fingerprint density at radius 3 is 2.81 bits per heavy atom. The van der Waals surface area contributed by atoms with Crippen molar-refractivity contribution in [3.63, 3.8) is 0 Å². The van der Waals surface area contributed by atoms with Crippen LogP contribution < -0.4 is 15.4 Å². The van der Waals surface area contributed by atoms with Gasteiger partial charge in [0.05, 0.1) is 6.04 Å². The van der Waals surface area contributed by atoms with E-state index in [0.717, 1.165) is 25.8 Å². The van der Waals surface area contributed by atoms with Gasteiger partial charge in [0.1, 0.15) is 5.75 Å². The van der Waals surface area contributed by atoms with Crippen LogP contribution in [0.2, 0.25) is 0 Å². The number of benzene rings is 1. The van der Waals surface area contributed by atoms with Crippen molar-refractivity contribution in [2.75, 3.05) is 6.54 Å². The van der Waals surface area contributed by atoms with Crippen LogP contribution in [0.3, 0.4) is 0 Å². The molecule has 1 amide bonds. The second-order valence-corrected chi connectivity index (χ2v) is 4.71. The van der Waals surface area contributed by atoms with Gasteiger partial charge in [-0.25, -0.2) is 0 Å². The van der Waals surface area contributed by atoms with Gasteiger partial charge in [-0.2, -0.15) is 8.78 Å². The van der Waals surface area contributed by atoms with Crippen molar-refractivity contribution in [3.05, 3.63) is 29.8 Å². The van der Waals surface area contributed by atoms with Gasteiger partial charge in [-0.3, -0.25) is 4.79 Å². The number of alkyl halides is 2. The van der Waals surface area contributed by atoms with Crippen LogP contribution in [-0.2, 0) is 11.3 Å². The number of ether oxygens (including phenoxy) is 1. The van der Waals surface area contributed by atoms with Crippen molar-refractivity contribution in [3.8, 4) is 5.75 Å². The van der Waals surface area contributed by atoms with E-state index in [2.05, 4.69) is 15.4 Å². The molecule has 2 rings (SSSR count). The van der Waals surface area contributed by atoms with E-state index >= 15 is 0 Å². The molecule has 0 unspecified atom stereocenters. The molecule has 0 bridgehead atoms. The Hall–Kier alpha value is -1.40. The molecule has 2 N–H and O–H groups in total. The number of piperidine rings is 1. The van der Waals surface area contributed by atoms with Crippen molar-refractivity contribution in [2.45, 2.75) is 38.5 Å². The quantitative estimate of drug-likeness (QED) is 0.876. The van der Waals surface area contributed by atoms with E-state index < -0.39 is 6.61 Å². The number of halogens is 3. The molecule has 118 valence electrons. The lowest BCUT2D eigenvalue weighted by molar-refractivity contribution is -0.123. The predicted octanol–water partition coefficient (Wildman–Crippen LogP) is 2.47. The van der Waals surface area contributed by atoms with E-state index in [9.17, 15) is 13.6 Å². The smallest absolute Gasteiger partial charge is 0.387 e. The molecule has 1 aromatic rings. The van der Waals surface area contributed by atoms with Crippen LogP contribution in [0, 0.1) is 0 Å². The fraction of sp³-hybridized carbons (Fsp3) is 0.500. The third-order valence-electron chi connectivity index (χ3n) is 3.27. The monoisotopic (exact) mass is 320 g/mol. The summed E-state index contributed by atoms with van der Waals surface area (Å²) in [6.07, 6.45) is 2.91. The van der Waals surface area contributed by atoms with Crippen LogP contribution in [-0.4, -0.2) is 25.1 Å². The first-order valence-corrected chi connectivity index (χ1v) is 6.70. The molecule has 0 aromatic heterocycles. The van der Waals surface area contributed by atoms with Gasteiger partial charge in [0.25, 0.3) is 0 Å². The molecule has 0 spiro atoms. The van der Waals surface area contributed by atoms with Crippen molar-refractivity contribution >= 4 is 18.3 Å². The summed E-state index contributed by atoms with van der Waals surface area (Å²) in [6, 6.07) is 6.27. The molecule has 1 atom stereocenters. The Bertz CT molecular complexity index is 454. The second-order valence-electron chi connectivity index (χ2n) is 4.71. The normalized spacial score (nSPS) is 18.0. The molecule has 1 saturated heterocycles. The van der Waals surface area contributed by atoms with E-state index in [-0.39, 0.29) is 36.7 Å². The molecular weight excluding hydrogens is 302 g/mol. The van der Waals surface area contributed by atoms with E-state index in [0.29, 0.717) is 5.56 Å². The highest BCUT2D eigenvalue weighted by atomic mass is 35.5. The zero-order valence-corrected chi connectivity index (χ0v) is 12.3. The number of rotatable bonds is 5. The number of amides is 1. The fourth-order valence-corrected chi connectivity index (χ4v) is 2.24. The molecule has 1 aromatic carbocycles. The standard InChI is InChI=1S/C14H18F2N2O2.ClH/c15-14(16)20-12-7-2-1-5-10(12)9-18-13(19)11-6-3-4-8-17-11;/h1-2,5,7,11,14,17H,3-4,6,8-9H2,(H,18,19);1H/t11-;/m1./s1.